The largest absolute Gasteiger partial charge is 0.507 e. The molecule has 0 unspecified atom stereocenters. The van der Waals surface area contributed by atoms with Crippen LogP contribution in [0.4, 0.5) is 4.79 Å². The molecule has 9 heteroatoms. The molecule has 0 bridgehead atoms. The van der Waals surface area contributed by atoms with Gasteiger partial charge in [0, 0.05) is 45.5 Å². The first-order chi connectivity index (χ1) is 15.9. The Balaban J connectivity index is 2.04. The molecular formula is C24H33N3O6. The van der Waals surface area contributed by atoms with Crippen LogP contribution >= 0.6 is 0 Å². The highest BCUT2D eigenvalue weighted by Gasteiger charge is 2.33. The fraction of sp³-hybridized carbons (Fsp3) is 0.500. The van der Waals surface area contributed by atoms with Crippen molar-refractivity contribution in [3.63, 3.8) is 0 Å². The quantitative estimate of drug-likeness (QED) is 0.648. The third-order valence-electron chi connectivity index (χ3n) is 5.93. The summed E-state index contributed by atoms with van der Waals surface area (Å²) >= 11 is 0. The van der Waals surface area contributed by atoms with Crippen molar-refractivity contribution in [1.29, 1.82) is 0 Å². The zero-order valence-electron chi connectivity index (χ0n) is 19.7. The number of methoxy groups -OCH3 is 2. The lowest BCUT2D eigenvalue weighted by Gasteiger charge is -2.39. The minimum absolute atomic E-state index is 0.0493. The maximum absolute atomic E-state index is 13.6. The van der Waals surface area contributed by atoms with Gasteiger partial charge >= 0.3 is 6.09 Å². The molecule has 1 amide bonds. The topological polar surface area (TPSA) is 93.5 Å². The molecule has 3 rings (SSSR count). The van der Waals surface area contributed by atoms with Gasteiger partial charge in [-0.2, -0.15) is 0 Å². The summed E-state index contributed by atoms with van der Waals surface area (Å²) in [6.45, 7) is 6.62. The third-order valence-corrected chi connectivity index (χ3v) is 5.93. The number of hydrogen-bond acceptors (Lipinski definition) is 7. The van der Waals surface area contributed by atoms with Crippen LogP contribution in [0.1, 0.15) is 29.8 Å². The zero-order chi connectivity index (χ0) is 24.0. The average molecular weight is 460 g/mol. The molecular weight excluding hydrogens is 426 g/mol. The molecule has 0 aliphatic carbocycles. The van der Waals surface area contributed by atoms with Crippen LogP contribution in [0.2, 0.25) is 0 Å². The molecule has 2 heterocycles. The first-order valence-electron chi connectivity index (χ1n) is 11.1. The van der Waals surface area contributed by atoms with Crippen LogP contribution < -0.4 is 10.3 Å². The van der Waals surface area contributed by atoms with Crippen LogP contribution in [0.3, 0.4) is 0 Å². The summed E-state index contributed by atoms with van der Waals surface area (Å²) in [5.41, 5.74) is 1.53. The molecule has 1 aromatic carbocycles. The Hall–Kier alpha value is -3.04. The van der Waals surface area contributed by atoms with E-state index in [2.05, 4.69) is 4.90 Å². The Bertz CT molecular complexity index is 1010. The van der Waals surface area contributed by atoms with Crippen LogP contribution in [-0.4, -0.2) is 79.2 Å². The second-order valence-corrected chi connectivity index (χ2v) is 7.94. The molecule has 1 aromatic heterocycles. The number of benzene rings is 1. The van der Waals surface area contributed by atoms with Gasteiger partial charge in [-0.3, -0.25) is 9.69 Å². The van der Waals surface area contributed by atoms with E-state index in [4.69, 9.17) is 14.2 Å². The summed E-state index contributed by atoms with van der Waals surface area (Å²) in [5.74, 6) is 0.612. The van der Waals surface area contributed by atoms with E-state index in [0.717, 1.165) is 5.56 Å². The van der Waals surface area contributed by atoms with Crippen LogP contribution in [0.5, 0.6) is 11.5 Å². The molecule has 9 nitrogen and oxygen atoms in total. The highest BCUT2D eigenvalue weighted by atomic mass is 16.6. The highest BCUT2D eigenvalue weighted by Crippen LogP contribution is 2.34. The summed E-state index contributed by atoms with van der Waals surface area (Å²) in [6.07, 6.45) is -0.338. The lowest BCUT2D eigenvalue weighted by atomic mass is 9.95. The van der Waals surface area contributed by atoms with E-state index in [0.29, 0.717) is 62.9 Å². The predicted molar refractivity (Wildman–Crippen MR) is 124 cm³/mol. The Morgan fingerprint density at radius 2 is 1.88 bits per heavy atom. The summed E-state index contributed by atoms with van der Waals surface area (Å²) in [4.78, 5) is 29.5. The minimum Gasteiger partial charge on any atom is -0.507 e. The number of nitrogens with zero attached hydrogens (tertiary/aromatic N) is 3. The van der Waals surface area contributed by atoms with Crippen LogP contribution in [0.15, 0.2) is 35.1 Å². The highest BCUT2D eigenvalue weighted by molar-refractivity contribution is 5.67. The molecule has 1 aliphatic rings. The summed E-state index contributed by atoms with van der Waals surface area (Å²) in [5, 5.41) is 10.9. The summed E-state index contributed by atoms with van der Waals surface area (Å²) in [7, 11) is 3.18. The van der Waals surface area contributed by atoms with Crippen molar-refractivity contribution in [3.05, 3.63) is 57.5 Å². The first kappa shape index (κ1) is 24.6. The van der Waals surface area contributed by atoms with Gasteiger partial charge in [-0.05, 0) is 37.6 Å². The van der Waals surface area contributed by atoms with Crippen molar-refractivity contribution in [1.82, 2.24) is 14.4 Å². The number of pyridine rings is 1. The number of aromatic nitrogens is 1. The first-order valence-corrected chi connectivity index (χ1v) is 11.1. The smallest absolute Gasteiger partial charge is 0.409 e. The number of piperazine rings is 1. The van der Waals surface area contributed by atoms with Gasteiger partial charge < -0.3 is 28.8 Å². The number of carbonyl (C=O) groups is 1. The number of ether oxygens (including phenoxy) is 3. The Morgan fingerprint density at radius 3 is 2.52 bits per heavy atom. The number of aryl methyl sites for hydroxylation is 1. The minimum atomic E-state index is -0.508. The van der Waals surface area contributed by atoms with Crippen molar-refractivity contribution in [2.75, 3.05) is 53.6 Å². The molecule has 1 fully saturated rings. The maximum atomic E-state index is 13.6. The van der Waals surface area contributed by atoms with Gasteiger partial charge in [-0.25, -0.2) is 4.79 Å². The average Bonchev–Trinajstić information content (AvgIpc) is 2.82. The van der Waals surface area contributed by atoms with Crippen molar-refractivity contribution in [2.45, 2.75) is 26.4 Å². The van der Waals surface area contributed by atoms with E-state index in [9.17, 15) is 14.7 Å². The Labute approximate surface area is 194 Å². The molecule has 180 valence electrons. The van der Waals surface area contributed by atoms with Crippen LogP contribution in [0.25, 0.3) is 0 Å². The number of rotatable bonds is 8. The van der Waals surface area contributed by atoms with E-state index in [-0.39, 0.29) is 17.4 Å². The molecule has 33 heavy (non-hydrogen) atoms. The van der Waals surface area contributed by atoms with Gasteiger partial charge in [0.05, 0.1) is 31.9 Å². The van der Waals surface area contributed by atoms with Crippen LogP contribution in [-0.2, 0) is 16.0 Å². The van der Waals surface area contributed by atoms with Gasteiger partial charge in [-0.1, -0.05) is 12.1 Å². The van der Waals surface area contributed by atoms with Gasteiger partial charge in [0.15, 0.2) is 0 Å². The third kappa shape index (κ3) is 5.48. The Kier molecular flexibility index (Phi) is 8.35. The fourth-order valence-corrected chi connectivity index (χ4v) is 4.24. The molecule has 0 saturated carbocycles. The molecule has 0 spiro atoms. The predicted octanol–water partition coefficient (Wildman–Crippen LogP) is 2.38. The van der Waals surface area contributed by atoms with E-state index in [1.54, 1.807) is 43.6 Å². The van der Waals surface area contributed by atoms with E-state index in [1.165, 1.54) is 0 Å². The van der Waals surface area contributed by atoms with E-state index >= 15 is 0 Å². The SMILES string of the molecule is CCOC(=O)N1CCN([C@H](c2cccc(OC)c2)c2c(O)cc(C)n(CCOC)c2=O)CC1. The Morgan fingerprint density at radius 1 is 1.15 bits per heavy atom. The monoisotopic (exact) mass is 459 g/mol. The van der Waals surface area contributed by atoms with Gasteiger partial charge in [0.1, 0.15) is 11.5 Å². The van der Waals surface area contributed by atoms with Gasteiger partial charge in [0.2, 0.25) is 0 Å². The normalized spacial score (nSPS) is 15.3. The van der Waals surface area contributed by atoms with Crippen LogP contribution in [0, 0.1) is 6.92 Å². The number of amides is 1. The number of hydrogen-bond donors (Lipinski definition) is 1. The number of carbonyl (C=O) groups excluding carboxylic acids is 1. The van der Waals surface area contributed by atoms with Gasteiger partial charge in [0.25, 0.3) is 5.56 Å². The molecule has 2 aromatic rings. The molecule has 1 atom stereocenters. The van der Waals surface area contributed by atoms with Crippen molar-refractivity contribution in [3.8, 4) is 11.5 Å². The molecule has 1 aliphatic heterocycles. The maximum Gasteiger partial charge on any atom is 0.409 e. The van der Waals surface area contributed by atoms with Crippen molar-refractivity contribution in [2.24, 2.45) is 0 Å². The number of aromatic hydroxyl groups is 1. The molecule has 1 saturated heterocycles. The van der Waals surface area contributed by atoms with Crippen molar-refractivity contribution < 1.29 is 24.1 Å². The standard InChI is InChI=1S/C24H33N3O6/c1-5-33-24(30)26-11-9-25(10-12-26)22(18-7-6-8-19(16-18)32-4)21-20(28)15-17(2)27(23(21)29)13-14-31-3/h6-8,15-16,22,28H,5,9-14H2,1-4H3/t22-/m1/s1. The second-order valence-electron chi connectivity index (χ2n) is 7.94. The fourth-order valence-electron chi connectivity index (χ4n) is 4.24. The molecule has 1 N–H and O–H groups in total. The van der Waals surface area contributed by atoms with E-state index < -0.39 is 6.04 Å². The lowest BCUT2D eigenvalue weighted by Crippen LogP contribution is -2.50. The summed E-state index contributed by atoms with van der Waals surface area (Å²) < 4.78 is 17.3. The lowest BCUT2D eigenvalue weighted by molar-refractivity contribution is 0.0708. The van der Waals surface area contributed by atoms with E-state index in [1.807, 2.05) is 24.3 Å². The van der Waals surface area contributed by atoms with Gasteiger partial charge in [-0.15, -0.1) is 0 Å². The molecule has 0 radical (unpaired) electrons. The second kappa shape index (κ2) is 11.2. The van der Waals surface area contributed by atoms with Crippen molar-refractivity contribution >= 4 is 6.09 Å². The zero-order valence-corrected chi connectivity index (χ0v) is 19.7. The summed E-state index contributed by atoms with van der Waals surface area (Å²) in [6, 6.07) is 8.61.